The van der Waals surface area contributed by atoms with Crippen molar-refractivity contribution in [1.82, 2.24) is 5.32 Å². The highest BCUT2D eigenvalue weighted by Crippen LogP contribution is 2.17. The second-order valence-electron chi connectivity index (χ2n) is 5.22. The molecule has 0 saturated heterocycles. The maximum absolute atomic E-state index is 11.5. The van der Waals surface area contributed by atoms with Crippen molar-refractivity contribution in [3.05, 3.63) is 39.4 Å². The summed E-state index contributed by atoms with van der Waals surface area (Å²) in [5.74, 6) is 0. The van der Waals surface area contributed by atoms with E-state index in [1.807, 2.05) is 0 Å². The summed E-state index contributed by atoms with van der Waals surface area (Å²) in [7, 11) is 0. The average Bonchev–Trinajstić information content (AvgIpc) is 2.24. The zero-order chi connectivity index (χ0) is 14.6. The van der Waals surface area contributed by atoms with E-state index >= 15 is 0 Å². The standard InChI is InChI=1S/C13H18N2O4/c1-9-7-11(15(17)18)6-5-10(9)8-14-12(16)19-13(2,3)4/h5-7H,8H2,1-4H3,(H,14,16). The van der Waals surface area contributed by atoms with Crippen LogP contribution in [-0.2, 0) is 11.3 Å². The molecule has 6 heteroatoms. The van der Waals surface area contributed by atoms with Crippen LogP contribution in [0.5, 0.6) is 0 Å². The van der Waals surface area contributed by atoms with Gasteiger partial charge in [0.05, 0.1) is 4.92 Å². The first kappa shape index (κ1) is 14.9. The summed E-state index contributed by atoms with van der Waals surface area (Å²) in [5, 5.41) is 13.2. The second kappa shape index (κ2) is 5.69. The molecular formula is C13H18N2O4. The van der Waals surface area contributed by atoms with Gasteiger partial charge in [-0.05, 0) is 38.8 Å². The monoisotopic (exact) mass is 266 g/mol. The number of aryl methyl sites for hydroxylation is 1. The topological polar surface area (TPSA) is 81.5 Å². The number of nitro groups is 1. The summed E-state index contributed by atoms with van der Waals surface area (Å²) in [6, 6.07) is 4.52. The van der Waals surface area contributed by atoms with Crippen LogP contribution in [0.3, 0.4) is 0 Å². The average molecular weight is 266 g/mol. The predicted molar refractivity (Wildman–Crippen MR) is 70.9 cm³/mol. The maximum atomic E-state index is 11.5. The van der Waals surface area contributed by atoms with Gasteiger partial charge >= 0.3 is 6.09 Å². The van der Waals surface area contributed by atoms with E-state index in [0.29, 0.717) is 0 Å². The first-order valence-corrected chi connectivity index (χ1v) is 5.90. The fourth-order valence-corrected chi connectivity index (χ4v) is 1.47. The smallest absolute Gasteiger partial charge is 0.407 e. The van der Waals surface area contributed by atoms with Gasteiger partial charge in [-0.1, -0.05) is 6.07 Å². The van der Waals surface area contributed by atoms with Gasteiger partial charge < -0.3 is 10.1 Å². The highest BCUT2D eigenvalue weighted by Gasteiger charge is 2.16. The van der Waals surface area contributed by atoms with Crippen LogP contribution >= 0.6 is 0 Å². The van der Waals surface area contributed by atoms with Crippen LogP contribution in [0.4, 0.5) is 10.5 Å². The van der Waals surface area contributed by atoms with Gasteiger partial charge in [0.1, 0.15) is 5.60 Å². The van der Waals surface area contributed by atoms with Crippen molar-refractivity contribution in [3.8, 4) is 0 Å². The number of nitro benzene ring substituents is 1. The van der Waals surface area contributed by atoms with Gasteiger partial charge in [0.15, 0.2) is 0 Å². The molecule has 0 fully saturated rings. The minimum atomic E-state index is -0.547. The highest BCUT2D eigenvalue weighted by molar-refractivity contribution is 5.67. The van der Waals surface area contributed by atoms with Gasteiger partial charge in [-0.25, -0.2) is 4.79 Å². The molecule has 1 N–H and O–H groups in total. The number of ether oxygens (including phenoxy) is 1. The molecular weight excluding hydrogens is 248 g/mol. The van der Waals surface area contributed by atoms with Crippen molar-refractivity contribution in [3.63, 3.8) is 0 Å². The molecule has 0 heterocycles. The minimum absolute atomic E-state index is 0.0403. The number of alkyl carbamates (subject to hydrolysis) is 1. The van der Waals surface area contributed by atoms with Crippen LogP contribution in [0.1, 0.15) is 31.9 Å². The number of hydrogen-bond acceptors (Lipinski definition) is 4. The molecule has 0 aliphatic rings. The maximum Gasteiger partial charge on any atom is 0.407 e. The lowest BCUT2D eigenvalue weighted by atomic mass is 10.1. The third-order valence-corrected chi connectivity index (χ3v) is 2.36. The Hall–Kier alpha value is -2.11. The Kier molecular flexibility index (Phi) is 4.47. The van der Waals surface area contributed by atoms with Gasteiger partial charge in [-0.15, -0.1) is 0 Å². The van der Waals surface area contributed by atoms with Crippen LogP contribution in [0, 0.1) is 17.0 Å². The summed E-state index contributed by atoms with van der Waals surface area (Å²) in [6.45, 7) is 7.38. The largest absolute Gasteiger partial charge is 0.444 e. The Morgan fingerprint density at radius 2 is 2.05 bits per heavy atom. The van der Waals surface area contributed by atoms with Gasteiger partial charge in [0.25, 0.3) is 5.69 Å². The Morgan fingerprint density at radius 1 is 1.42 bits per heavy atom. The number of carbonyl (C=O) groups is 1. The van der Waals surface area contributed by atoms with E-state index in [1.54, 1.807) is 33.8 Å². The molecule has 19 heavy (non-hydrogen) atoms. The van der Waals surface area contributed by atoms with Gasteiger partial charge in [0.2, 0.25) is 0 Å². The number of hydrogen-bond donors (Lipinski definition) is 1. The van der Waals surface area contributed by atoms with Crippen molar-refractivity contribution in [2.75, 3.05) is 0 Å². The number of rotatable bonds is 3. The van der Waals surface area contributed by atoms with Crippen LogP contribution in [-0.4, -0.2) is 16.6 Å². The van der Waals surface area contributed by atoms with E-state index in [1.165, 1.54) is 12.1 Å². The summed E-state index contributed by atoms with van der Waals surface area (Å²) >= 11 is 0. The molecule has 1 aromatic carbocycles. The van der Waals surface area contributed by atoms with Crippen molar-refractivity contribution < 1.29 is 14.5 Å². The van der Waals surface area contributed by atoms with Gasteiger partial charge in [-0.2, -0.15) is 0 Å². The lowest BCUT2D eigenvalue weighted by Gasteiger charge is -2.19. The van der Waals surface area contributed by atoms with E-state index in [2.05, 4.69) is 5.32 Å². The van der Waals surface area contributed by atoms with E-state index < -0.39 is 16.6 Å². The molecule has 0 spiro atoms. The van der Waals surface area contributed by atoms with Gasteiger partial charge in [0, 0.05) is 18.7 Å². The minimum Gasteiger partial charge on any atom is -0.444 e. The number of benzene rings is 1. The molecule has 0 aliphatic carbocycles. The Labute approximate surface area is 111 Å². The third kappa shape index (κ3) is 4.95. The fourth-order valence-electron chi connectivity index (χ4n) is 1.47. The first-order valence-electron chi connectivity index (χ1n) is 5.90. The number of amides is 1. The third-order valence-electron chi connectivity index (χ3n) is 2.36. The summed E-state index contributed by atoms with van der Waals surface area (Å²) in [6.07, 6.45) is -0.509. The fraction of sp³-hybridized carbons (Fsp3) is 0.462. The van der Waals surface area contributed by atoms with Crippen LogP contribution in [0.2, 0.25) is 0 Å². The SMILES string of the molecule is Cc1cc([N+](=O)[O-])ccc1CNC(=O)OC(C)(C)C. The molecule has 104 valence electrons. The van der Waals surface area contributed by atoms with E-state index in [0.717, 1.165) is 11.1 Å². The summed E-state index contributed by atoms with van der Waals surface area (Å²) in [5.41, 5.74) is 1.06. The molecule has 1 amide bonds. The highest BCUT2D eigenvalue weighted by atomic mass is 16.6. The molecule has 0 radical (unpaired) electrons. The Morgan fingerprint density at radius 3 is 2.53 bits per heavy atom. The Bertz CT molecular complexity index is 492. The Balaban J connectivity index is 2.64. The first-order chi connectivity index (χ1) is 8.69. The molecule has 0 aliphatic heterocycles. The van der Waals surface area contributed by atoms with Crippen molar-refractivity contribution in [2.24, 2.45) is 0 Å². The molecule has 0 unspecified atom stereocenters. The van der Waals surface area contributed by atoms with Crippen LogP contribution in [0.15, 0.2) is 18.2 Å². The van der Waals surface area contributed by atoms with Crippen LogP contribution in [0.25, 0.3) is 0 Å². The molecule has 0 aromatic heterocycles. The zero-order valence-corrected chi connectivity index (χ0v) is 11.5. The summed E-state index contributed by atoms with van der Waals surface area (Å²) < 4.78 is 5.10. The van der Waals surface area contributed by atoms with E-state index in [4.69, 9.17) is 4.74 Å². The lowest BCUT2D eigenvalue weighted by molar-refractivity contribution is -0.384. The van der Waals surface area contributed by atoms with Crippen molar-refractivity contribution >= 4 is 11.8 Å². The molecule has 0 saturated carbocycles. The number of nitrogens with one attached hydrogen (secondary N) is 1. The molecule has 1 aromatic rings. The van der Waals surface area contributed by atoms with Gasteiger partial charge in [-0.3, -0.25) is 10.1 Å². The van der Waals surface area contributed by atoms with Crippen molar-refractivity contribution in [2.45, 2.75) is 39.8 Å². The van der Waals surface area contributed by atoms with Crippen LogP contribution < -0.4 is 5.32 Å². The predicted octanol–water partition coefficient (Wildman–Crippen LogP) is 2.93. The number of nitrogens with zero attached hydrogens (tertiary/aromatic N) is 1. The second-order valence-corrected chi connectivity index (χ2v) is 5.22. The molecule has 1 rings (SSSR count). The normalized spacial score (nSPS) is 10.9. The molecule has 0 bridgehead atoms. The van der Waals surface area contributed by atoms with E-state index in [9.17, 15) is 14.9 Å². The number of carbonyl (C=O) groups excluding carboxylic acids is 1. The zero-order valence-electron chi connectivity index (χ0n) is 11.5. The molecule has 0 atom stereocenters. The molecule has 6 nitrogen and oxygen atoms in total. The number of non-ortho nitro benzene ring substituents is 1. The quantitative estimate of drug-likeness (QED) is 0.673. The lowest BCUT2D eigenvalue weighted by Crippen LogP contribution is -2.32. The van der Waals surface area contributed by atoms with E-state index in [-0.39, 0.29) is 12.2 Å². The summed E-state index contributed by atoms with van der Waals surface area (Å²) in [4.78, 5) is 21.6. The van der Waals surface area contributed by atoms with Crippen molar-refractivity contribution in [1.29, 1.82) is 0 Å².